The van der Waals surface area contributed by atoms with Crippen molar-refractivity contribution in [2.24, 2.45) is 7.05 Å². The Morgan fingerprint density at radius 3 is 2.82 bits per heavy atom. The third-order valence-electron chi connectivity index (χ3n) is 3.80. The highest BCUT2D eigenvalue weighted by molar-refractivity contribution is 7.11. The number of carbonyl (C=O) groups excluding carboxylic acids is 1. The lowest BCUT2D eigenvalue weighted by molar-refractivity contribution is 0.194. The first-order valence-corrected chi connectivity index (χ1v) is 8.19. The van der Waals surface area contributed by atoms with Gasteiger partial charge in [0.1, 0.15) is 0 Å². The standard InChI is InChI=1S/C15H23N5OS/c1-6-13-18-10(2)14(22-13)11(3)19(4)15(21)16-9-12-7-8-17-20(12)5/h7-8,11H,6,9H2,1-5H3,(H,16,21). The Morgan fingerprint density at radius 1 is 1.55 bits per heavy atom. The Hall–Kier alpha value is -1.89. The molecule has 1 N–H and O–H groups in total. The fourth-order valence-corrected chi connectivity index (χ4v) is 3.32. The molecule has 0 aliphatic carbocycles. The molecule has 0 spiro atoms. The minimum Gasteiger partial charge on any atom is -0.332 e. The van der Waals surface area contributed by atoms with Crippen LogP contribution in [0.15, 0.2) is 12.3 Å². The zero-order chi connectivity index (χ0) is 16.3. The molecule has 7 heteroatoms. The monoisotopic (exact) mass is 321 g/mol. The number of nitrogens with one attached hydrogen (secondary N) is 1. The summed E-state index contributed by atoms with van der Waals surface area (Å²) in [4.78, 5) is 19.7. The maximum atomic E-state index is 12.3. The molecule has 120 valence electrons. The van der Waals surface area contributed by atoms with Crippen LogP contribution in [0.4, 0.5) is 4.79 Å². The van der Waals surface area contributed by atoms with E-state index in [9.17, 15) is 4.79 Å². The van der Waals surface area contributed by atoms with Crippen LogP contribution < -0.4 is 5.32 Å². The topological polar surface area (TPSA) is 63.1 Å². The molecule has 0 radical (unpaired) electrons. The second-order valence-corrected chi connectivity index (χ2v) is 6.42. The molecule has 0 bridgehead atoms. The van der Waals surface area contributed by atoms with E-state index in [1.807, 2.05) is 34.0 Å². The van der Waals surface area contributed by atoms with Crippen LogP contribution >= 0.6 is 11.3 Å². The van der Waals surface area contributed by atoms with Crippen LogP contribution in [0, 0.1) is 6.92 Å². The first kappa shape index (κ1) is 16.5. The largest absolute Gasteiger partial charge is 0.332 e. The van der Waals surface area contributed by atoms with Gasteiger partial charge in [-0.2, -0.15) is 5.10 Å². The third kappa shape index (κ3) is 3.47. The van der Waals surface area contributed by atoms with Gasteiger partial charge in [-0.3, -0.25) is 4.68 Å². The molecule has 1 unspecified atom stereocenters. The maximum Gasteiger partial charge on any atom is 0.317 e. The van der Waals surface area contributed by atoms with Crippen LogP contribution in [0.3, 0.4) is 0 Å². The summed E-state index contributed by atoms with van der Waals surface area (Å²) in [5, 5.41) is 8.13. The molecule has 6 nitrogen and oxygen atoms in total. The Kier molecular flexibility index (Phi) is 5.18. The van der Waals surface area contributed by atoms with E-state index in [1.54, 1.807) is 27.1 Å². The molecular weight excluding hydrogens is 298 g/mol. The van der Waals surface area contributed by atoms with Crippen molar-refractivity contribution in [1.29, 1.82) is 0 Å². The minimum absolute atomic E-state index is 0.00402. The van der Waals surface area contributed by atoms with E-state index in [-0.39, 0.29) is 12.1 Å². The van der Waals surface area contributed by atoms with Crippen molar-refractivity contribution in [3.8, 4) is 0 Å². The number of nitrogens with zero attached hydrogens (tertiary/aromatic N) is 4. The predicted octanol–water partition coefficient (Wildman–Crippen LogP) is 2.65. The summed E-state index contributed by atoms with van der Waals surface area (Å²) in [6.07, 6.45) is 2.65. The highest BCUT2D eigenvalue weighted by atomic mass is 32.1. The molecular formula is C15H23N5OS. The van der Waals surface area contributed by atoms with Gasteiger partial charge in [-0.25, -0.2) is 9.78 Å². The van der Waals surface area contributed by atoms with E-state index in [1.165, 1.54) is 0 Å². The van der Waals surface area contributed by atoms with E-state index < -0.39 is 0 Å². The number of hydrogen-bond acceptors (Lipinski definition) is 4. The fraction of sp³-hybridized carbons (Fsp3) is 0.533. The van der Waals surface area contributed by atoms with Crippen molar-refractivity contribution in [3.63, 3.8) is 0 Å². The maximum absolute atomic E-state index is 12.3. The Morgan fingerprint density at radius 2 is 2.27 bits per heavy atom. The summed E-state index contributed by atoms with van der Waals surface area (Å²) < 4.78 is 1.75. The Labute approximate surface area is 135 Å². The van der Waals surface area contributed by atoms with Crippen molar-refractivity contribution < 1.29 is 4.79 Å². The predicted molar refractivity (Wildman–Crippen MR) is 87.9 cm³/mol. The number of aromatic nitrogens is 3. The Balaban J connectivity index is 2.00. The van der Waals surface area contributed by atoms with E-state index >= 15 is 0 Å². The van der Waals surface area contributed by atoms with Crippen molar-refractivity contribution >= 4 is 17.4 Å². The second-order valence-electron chi connectivity index (χ2n) is 5.30. The number of urea groups is 1. The summed E-state index contributed by atoms with van der Waals surface area (Å²) in [7, 11) is 3.68. The number of thiazole rings is 1. The van der Waals surface area contributed by atoms with Gasteiger partial charge in [-0.15, -0.1) is 11.3 Å². The van der Waals surface area contributed by atoms with Crippen LogP contribution in [0.5, 0.6) is 0 Å². The van der Waals surface area contributed by atoms with Crippen molar-refractivity contribution in [2.75, 3.05) is 7.05 Å². The van der Waals surface area contributed by atoms with Crippen LogP contribution in [-0.4, -0.2) is 32.7 Å². The van der Waals surface area contributed by atoms with E-state index in [0.29, 0.717) is 6.54 Å². The fourth-order valence-electron chi connectivity index (χ4n) is 2.22. The number of carbonyl (C=O) groups is 1. The SMILES string of the molecule is CCc1nc(C)c(C(C)N(C)C(=O)NCc2ccnn2C)s1. The van der Waals surface area contributed by atoms with Gasteiger partial charge in [0.2, 0.25) is 0 Å². The van der Waals surface area contributed by atoms with Crippen molar-refractivity contribution in [2.45, 2.75) is 39.8 Å². The van der Waals surface area contributed by atoms with Crippen molar-refractivity contribution in [1.82, 2.24) is 25.0 Å². The van der Waals surface area contributed by atoms with Gasteiger partial charge < -0.3 is 10.2 Å². The zero-order valence-electron chi connectivity index (χ0n) is 13.8. The van der Waals surface area contributed by atoms with Gasteiger partial charge in [-0.1, -0.05) is 6.92 Å². The molecule has 0 aliphatic rings. The quantitative estimate of drug-likeness (QED) is 0.921. The zero-order valence-corrected chi connectivity index (χ0v) is 14.6. The van der Waals surface area contributed by atoms with Gasteiger partial charge in [-0.05, 0) is 26.3 Å². The normalized spacial score (nSPS) is 12.2. The minimum atomic E-state index is -0.0976. The molecule has 2 amide bonds. The summed E-state index contributed by atoms with van der Waals surface area (Å²) >= 11 is 1.68. The second kappa shape index (κ2) is 6.91. The average Bonchev–Trinajstić information content (AvgIpc) is 3.08. The molecule has 0 saturated heterocycles. The number of amides is 2. The average molecular weight is 321 g/mol. The van der Waals surface area contributed by atoms with Gasteiger partial charge in [0.25, 0.3) is 0 Å². The molecule has 0 saturated carbocycles. The van der Waals surface area contributed by atoms with Crippen LogP contribution in [-0.2, 0) is 20.0 Å². The molecule has 0 aliphatic heterocycles. The van der Waals surface area contributed by atoms with E-state index in [0.717, 1.165) is 27.7 Å². The van der Waals surface area contributed by atoms with Crippen LogP contribution in [0.25, 0.3) is 0 Å². The molecule has 2 rings (SSSR count). The molecule has 2 heterocycles. The molecule has 0 aromatic carbocycles. The lowest BCUT2D eigenvalue weighted by atomic mass is 10.2. The van der Waals surface area contributed by atoms with Crippen LogP contribution in [0.2, 0.25) is 0 Å². The first-order valence-electron chi connectivity index (χ1n) is 7.37. The number of rotatable bonds is 5. The lowest BCUT2D eigenvalue weighted by Gasteiger charge is -2.24. The molecule has 2 aromatic heterocycles. The number of aryl methyl sites for hydroxylation is 3. The van der Waals surface area contributed by atoms with Crippen LogP contribution in [0.1, 0.15) is 41.2 Å². The van der Waals surface area contributed by atoms with Gasteiger partial charge in [0.15, 0.2) is 0 Å². The summed E-state index contributed by atoms with van der Waals surface area (Å²) in [6.45, 7) is 6.60. The number of hydrogen-bond donors (Lipinski definition) is 1. The highest BCUT2D eigenvalue weighted by Crippen LogP contribution is 2.28. The van der Waals surface area contributed by atoms with Gasteiger partial charge in [0.05, 0.1) is 29.0 Å². The van der Waals surface area contributed by atoms with Gasteiger partial charge >= 0.3 is 6.03 Å². The first-order chi connectivity index (χ1) is 10.4. The van der Waals surface area contributed by atoms with E-state index in [4.69, 9.17) is 0 Å². The summed E-state index contributed by atoms with van der Waals surface area (Å²) in [6, 6.07) is 1.80. The summed E-state index contributed by atoms with van der Waals surface area (Å²) in [5.41, 5.74) is 1.98. The van der Waals surface area contributed by atoms with E-state index in [2.05, 4.69) is 22.3 Å². The molecule has 22 heavy (non-hydrogen) atoms. The summed E-state index contributed by atoms with van der Waals surface area (Å²) in [5.74, 6) is 0. The van der Waals surface area contributed by atoms with Crippen molar-refractivity contribution in [3.05, 3.63) is 33.5 Å². The smallest absolute Gasteiger partial charge is 0.317 e. The lowest BCUT2D eigenvalue weighted by Crippen LogP contribution is -2.38. The molecule has 2 aromatic rings. The highest BCUT2D eigenvalue weighted by Gasteiger charge is 2.21. The molecule has 0 fully saturated rings. The third-order valence-corrected chi connectivity index (χ3v) is 5.28. The molecule has 1 atom stereocenters. The van der Waals surface area contributed by atoms with Gasteiger partial charge in [0, 0.05) is 25.2 Å². The Bertz CT molecular complexity index is 648.